The molecule has 1 saturated heterocycles. The van der Waals surface area contributed by atoms with Gasteiger partial charge in [-0.25, -0.2) is 0 Å². The average Bonchev–Trinajstić information content (AvgIpc) is 2.30. The molecule has 1 aromatic carbocycles. The van der Waals surface area contributed by atoms with Crippen LogP contribution in [0.3, 0.4) is 0 Å². The highest BCUT2D eigenvalue weighted by Crippen LogP contribution is 2.23. The monoisotopic (exact) mass is 231 g/mol. The number of likely N-dealkylation sites (tertiary alicyclic amines) is 1. The van der Waals surface area contributed by atoms with Gasteiger partial charge in [-0.3, -0.25) is 4.79 Å². The fourth-order valence-corrected chi connectivity index (χ4v) is 2.77. The molecule has 2 rings (SSSR count). The Balaban J connectivity index is 2.04. The van der Waals surface area contributed by atoms with Crippen LogP contribution in [0.1, 0.15) is 38.7 Å². The molecule has 1 fully saturated rings. The second-order valence-corrected chi connectivity index (χ2v) is 5.09. The number of nitrogens with zero attached hydrogens (tertiary/aromatic N) is 1. The average molecular weight is 231 g/mol. The molecule has 17 heavy (non-hydrogen) atoms. The van der Waals surface area contributed by atoms with Crippen molar-refractivity contribution >= 4 is 5.91 Å². The Morgan fingerprint density at radius 2 is 1.76 bits per heavy atom. The van der Waals surface area contributed by atoms with E-state index in [1.807, 2.05) is 30.3 Å². The van der Waals surface area contributed by atoms with Crippen molar-refractivity contribution in [3.05, 3.63) is 35.9 Å². The van der Waals surface area contributed by atoms with Crippen LogP contribution in [-0.4, -0.2) is 22.9 Å². The Bertz CT molecular complexity index is 364. The normalized spacial score (nSPS) is 24.7. The molecule has 0 N–H and O–H groups in total. The first kappa shape index (κ1) is 12.2. The summed E-state index contributed by atoms with van der Waals surface area (Å²) in [7, 11) is 0. The number of hydrogen-bond acceptors (Lipinski definition) is 1. The van der Waals surface area contributed by atoms with Crippen molar-refractivity contribution in [3.63, 3.8) is 0 Å². The van der Waals surface area contributed by atoms with Crippen molar-refractivity contribution in [1.82, 2.24) is 4.90 Å². The van der Waals surface area contributed by atoms with Crippen LogP contribution in [0, 0.1) is 0 Å². The summed E-state index contributed by atoms with van der Waals surface area (Å²) in [5, 5.41) is 0. The molecule has 1 aromatic rings. The zero-order valence-electron chi connectivity index (χ0n) is 10.7. The standard InChI is InChI=1S/C15H21NO/c1-12-7-6-8-13(2)16(12)15(17)11-14-9-4-3-5-10-14/h3-5,9-10,12-13H,6-8,11H2,1-2H3/t12-,13-/m0/s1. The Morgan fingerprint density at radius 1 is 1.18 bits per heavy atom. The van der Waals surface area contributed by atoms with Crippen molar-refractivity contribution in [2.45, 2.75) is 51.6 Å². The first-order valence-electron chi connectivity index (χ1n) is 6.53. The van der Waals surface area contributed by atoms with Gasteiger partial charge in [0.25, 0.3) is 0 Å². The molecule has 2 atom stereocenters. The minimum atomic E-state index is 0.274. The number of benzene rings is 1. The molecule has 0 saturated carbocycles. The van der Waals surface area contributed by atoms with Crippen LogP contribution in [-0.2, 0) is 11.2 Å². The highest BCUT2D eigenvalue weighted by molar-refractivity contribution is 5.79. The van der Waals surface area contributed by atoms with Crippen molar-refractivity contribution in [2.24, 2.45) is 0 Å². The van der Waals surface area contributed by atoms with Crippen LogP contribution in [0.5, 0.6) is 0 Å². The predicted octanol–water partition coefficient (Wildman–Crippen LogP) is 3.02. The molecule has 1 amide bonds. The van der Waals surface area contributed by atoms with Gasteiger partial charge in [-0.2, -0.15) is 0 Å². The highest BCUT2D eigenvalue weighted by atomic mass is 16.2. The van der Waals surface area contributed by atoms with Gasteiger partial charge in [0.05, 0.1) is 6.42 Å². The van der Waals surface area contributed by atoms with E-state index in [0.29, 0.717) is 18.5 Å². The maximum atomic E-state index is 12.3. The minimum Gasteiger partial charge on any atom is -0.337 e. The van der Waals surface area contributed by atoms with Gasteiger partial charge in [0.15, 0.2) is 0 Å². The Hall–Kier alpha value is -1.31. The molecule has 1 heterocycles. The van der Waals surface area contributed by atoms with Crippen molar-refractivity contribution in [3.8, 4) is 0 Å². The third kappa shape index (κ3) is 2.87. The summed E-state index contributed by atoms with van der Waals surface area (Å²) in [6.07, 6.45) is 4.07. The lowest BCUT2D eigenvalue weighted by Crippen LogP contribution is -2.48. The highest BCUT2D eigenvalue weighted by Gasteiger charge is 2.28. The van der Waals surface area contributed by atoms with E-state index in [4.69, 9.17) is 0 Å². The van der Waals surface area contributed by atoms with Crippen LogP contribution in [0.25, 0.3) is 0 Å². The Labute approximate surface area is 104 Å². The molecule has 2 nitrogen and oxygen atoms in total. The molecular formula is C15H21NO. The first-order valence-corrected chi connectivity index (χ1v) is 6.53. The van der Waals surface area contributed by atoms with E-state index in [2.05, 4.69) is 18.7 Å². The van der Waals surface area contributed by atoms with E-state index >= 15 is 0 Å². The van der Waals surface area contributed by atoms with E-state index in [1.165, 1.54) is 6.42 Å². The largest absolute Gasteiger partial charge is 0.337 e. The minimum absolute atomic E-state index is 0.274. The summed E-state index contributed by atoms with van der Waals surface area (Å²) in [6.45, 7) is 4.33. The quantitative estimate of drug-likeness (QED) is 0.766. The molecule has 0 radical (unpaired) electrons. The molecule has 1 aliphatic heterocycles. The summed E-state index contributed by atoms with van der Waals surface area (Å²) in [5.74, 6) is 0.274. The van der Waals surface area contributed by atoms with Crippen LogP contribution in [0.15, 0.2) is 30.3 Å². The van der Waals surface area contributed by atoms with Crippen LogP contribution >= 0.6 is 0 Å². The molecule has 1 aliphatic rings. The van der Waals surface area contributed by atoms with Gasteiger partial charge in [0.2, 0.25) is 5.91 Å². The lowest BCUT2D eigenvalue weighted by atomic mass is 9.96. The zero-order valence-corrected chi connectivity index (χ0v) is 10.7. The van der Waals surface area contributed by atoms with Crippen LogP contribution < -0.4 is 0 Å². The van der Waals surface area contributed by atoms with Crippen molar-refractivity contribution in [1.29, 1.82) is 0 Å². The third-order valence-corrected chi connectivity index (χ3v) is 3.68. The number of carbonyl (C=O) groups excluding carboxylic acids is 1. The summed E-state index contributed by atoms with van der Waals surface area (Å²) in [6, 6.07) is 10.8. The van der Waals surface area contributed by atoms with Crippen LogP contribution in [0.2, 0.25) is 0 Å². The molecule has 0 spiro atoms. The summed E-state index contributed by atoms with van der Waals surface area (Å²) in [4.78, 5) is 14.4. The number of carbonyl (C=O) groups is 1. The van der Waals surface area contributed by atoms with E-state index < -0.39 is 0 Å². The second kappa shape index (κ2) is 5.35. The number of amides is 1. The van der Waals surface area contributed by atoms with E-state index in [0.717, 1.165) is 18.4 Å². The molecule has 2 heteroatoms. The Kier molecular flexibility index (Phi) is 3.82. The van der Waals surface area contributed by atoms with Gasteiger partial charge >= 0.3 is 0 Å². The lowest BCUT2D eigenvalue weighted by Gasteiger charge is -2.39. The topological polar surface area (TPSA) is 20.3 Å². The number of rotatable bonds is 2. The van der Waals surface area contributed by atoms with Gasteiger partial charge in [-0.15, -0.1) is 0 Å². The molecule has 0 aliphatic carbocycles. The summed E-state index contributed by atoms with van der Waals surface area (Å²) >= 11 is 0. The lowest BCUT2D eigenvalue weighted by molar-refractivity contribution is -0.136. The van der Waals surface area contributed by atoms with Crippen molar-refractivity contribution in [2.75, 3.05) is 0 Å². The molecule has 0 aromatic heterocycles. The fourth-order valence-electron chi connectivity index (χ4n) is 2.77. The summed E-state index contributed by atoms with van der Waals surface area (Å²) in [5.41, 5.74) is 1.11. The number of piperidine rings is 1. The maximum absolute atomic E-state index is 12.3. The molecule has 0 bridgehead atoms. The van der Waals surface area contributed by atoms with Gasteiger partial charge in [0.1, 0.15) is 0 Å². The Morgan fingerprint density at radius 3 is 2.35 bits per heavy atom. The zero-order chi connectivity index (χ0) is 12.3. The SMILES string of the molecule is C[C@H]1CCC[C@H](C)N1C(=O)Cc1ccccc1. The number of hydrogen-bond donors (Lipinski definition) is 0. The van der Waals surface area contributed by atoms with Gasteiger partial charge in [-0.1, -0.05) is 30.3 Å². The van der Waals surface area contributed by atoms with Gasteiger partial charge < -0.3 is 4.90 Å². The second-order valence-electron chi connectivity index (χ2n) is 5.09. The van der Waals surface area contributed by atoms with Gasteiger partial charge in [-0.05, 0) is 38.7 Å². The molecule has 0 unspecified atom stereocenters. The van der Waals surface area contributed by atoms with Crippen molar-refractivity contribution < 1.29 is 4.79 Å². The maximum Gasteiger partial charge on any atom is 0.227 e. The summed E-state index contributed by atoms with van der Waals surface area (Å²) < 4.78 is 0. The molecular weight excluding hydrogens is 210 g/mol. The van der Waals surface area contributed by atoms with E-state index in [1.54, 1.807) is 0 Å². The van der Waals surface area contributed by atoms with E-state index in [9.17, 15) is 4.79 Å². The predicted molar refractivity (Wildman–Crippen MR) is 69.8 cm³/mol. The van der Waals surface area contributed by atoms with Crippen LogP contribution in [0.4, 0.5) is 0 Å². The third-order valence-electron chi connectivity index (χ3n) is 3.68. The first-order chi connectivity index (χ1) is 8.18. The van der Waals surface area contributed by atoms with Gasteiger partial charge in [0, 0.05) is 12.1 Å². The molecule has 92 valence electrons. The fraction of sp³-hybridized carbons (Fsp3) is 0.533. The smallest absolute Gasteiger partial charge is 0.227 e. The van der Waals surface area contributed by atoms with E-state index in [-0.39, 0.29) is 5.91 Å².